The maximum Gasteiger partial charge on any atom is 0.316 e. The van der Waals surface area contributed by atoms with Crippen LogP contribution < -0.4 is 0 Å². The van der Waals surface area contributed by atoms with Crippen molar-refractivity contribution in [1.82, 2.24) is 0 Å². The topological polar surface area (TPSA) is 89.9 Å². The van der Waals surface area contributed by atoms with Crippen molar-refractivity contribution in [3.05, 3.63) is 63.9 Å². The Hall–Kier alpha value is -2.23. The molecule has 0 radical (unpaired) electrons. The highest BCUT2D eigenvalue weighted by molar-refractivity contribution is 8.04. The van der Waals surface area contributed by atoms with Gasteiger partial charge in [0.15, 0.2) is 5.78 Å². The summed E-state index contributed by atoms with van der Waals surface area (Å²) in [5.74, 6) is -0.759. The van der Waals surface area contributed by atoms with Gasteiger partial charge in [0, 0.05) is 11.1 Å². The van der Waals surface area contributed by atoms with Gasteiger partial charge < -0.3 is 4.74 Å². The molecule has 0 aliphatic heterocycles. The molecule has 1 aliphatic carbocycles. The van der Waals surface area contributed by atoms with Crippen molar-refractivity contribution in [3.63, 3.8) is 0 Å². The summed E-state index contributed by atoms with van der Waals surface area (Å²) in [5, 5.41) is 1.65. The molecule has 1 heterocycles. The molecule has 1 aliphatic rings. The molecule has 0 saturated carbocycles. The smallest absolute Gasteiger partial charge is 0.316 e. The van der Waals surface area contributed by atoms with Crippen LogP contribution in [-0.2, 0) is 19.6 Å². The third kappa shape index (κ3) is 4.37. The van der Waals surface area contributed by atoms with E-state index in [1.807, 2.05) is 0 Å². The number of ketones is 1. The Kier molecular flexibility index (Phi) is 5.93. The molecule has 6 nitrogen and oxygen atoms in total. The van der Waals surface area contributed by atoms with Gasteiger partial charge >= 0.3 is 5.97 Å². The van der Waals surface area contributed by atoms with Crippen molar-refractivity contribution in [2.75, 3.05) is 12.4 Å². The molecule has 0 N–H and O–H groups in total. The molecular formula is C18H15NO5S3. The van der Waals surface area contributed by atoms with Gasteiger partial charge in [-0.2, -0.15) is 12.8 Å². The molecule has 0 spiro atoms. The van der Waals surface area contributed by atoms with Crippen LogP contribution in [0, 0.1) is 0 Å². The van der Waals surface area contributed by atoms with Gasteiger partial charge in [0.2, 0.25) is 0 Å². The fourth-order valence-corrected chi connectivity index (χ4v) is 5.17. The molecule has 0 fully saturated rings. The van der Waals surface area contributed by atoms with E-state index in [1.165, 1.54) is 12.1 Å². The summed E-state index contributed by atoms with van der Waals surface area (Å²) in [6.45, 7) is 1.95. The lowest BCUT2D eigenvalue weighted by Crippen LogP contribution is -2.18. The maximum atomic E-state index is 12.7. The average molecular weight is 422 g/mol. The van der Waals surface area contributed by atoms with Crippen LogP contribution >= 0.6 is 23.1 Å². The Morgan fingerprint density at radius 2 is 1.93 bits per heavy atom. The number of hydrogen-bond donors (Lipinski definition) is 0. The van der Waals surface area contributed by atoms with Crippen molar-refractivity contribution in [1.29, 1.82) is 0 Å². The number of ether oxygens (including phenoxy) is 1. The highest BCUT2D eigenvalue weighted by Crippen LogP contribution is 2.30. The van der Waals surface area contributed by atoms with E-state index < -0.39 is 16.0 Å². The maximum absolute atomic E-state index is 12.7. The molecule has 0 unspecified atom stereocenters. The fraction of sp³-hybridized carbons (Fsp3) is 0.167. The molecule has 3 rings (SSSR count). The van der Waals surface area contributed by atoms with Gasteiger partial charge in [-0.05, 0) is 24.4 Å². The minimum atomic E-state index is -3.89. The lowest BCUT2D eigenvalue weighted by molar-refractivity contribution is -0.139. The summed E-state index contributed by atoms with van der Waals surface area (Å²) in [6, 6.07) is 9.78. The molecule has 27 heavy (non-hydrogen) atoms. The van der Waals surface area contributed by atoms with Crippen molar-refractivity contribution in [2.24, 2.45) is 4.40 Å². The van der Waals surface area contributed by atoms with Gasteiger partial charge in [-0.15, -0.1) is 23.1 Å². The third-order valence-corrected chi connectivity index (χ3v) is 7.22. The molecule has 9 heteroatoms. The Labute approximate surface area is 165 Å². The number of hydrogen-bond acceptors (Lipinski definition) is 7. The number of carbonyl (C=O) groups excluding carboxylic acids is 2. The van der Waals surface area contributed by atoms with E-state index in [0.717, 1.165) is 23.1 Å². The normalized spacial score (nSPS) is 15.4. The molecule has 0 amide bonds. The number of rotatable bonds is 6. The van der Waals surface area contributed by atoms with Crippen molar-refractivity contribution >= 4 is 50.6 Å². The summed E-state index contributed by atoms with van der Waals surface area (Å²) in [5.41, 5.74) is 0.972. The van der Waals surface area contributed by atoms with Gasteiger partial charge in [0.25, 0.3) is 10.0 Å². The highest BCUT2D eigenvalue weighted by Gasteiger charge is 2.27. The fourth-order valence-electron chi connectivity index (χ4n) is 2.41. The van der Waals surface area contributed by atoms with Crippen LogP contribution in [0.5, 0.6) is 0 Å². The molecule has 0 bridgehead atoms. The number of sulfonamides is 1. The first-order valence-electron chi connectivity index (χ1n) is 7.95. The van der Waals surface area contributed by atoms with E-state index in [-0.39, 0.29) is 33.0 Å². The second kappa shape index (κ2) is 8.20. The minimum absolute atomic E-state index is 0.0431. The molecule has 1 aromatic carbocycles. The largest absolute Gasteiger partial charge is 0.465 e. The number of thiophene rings is 1. The van der Waals surface area contributed by atoms with Crippen LogP contribution in [0.15, 0.2) is 61.4 Å². The number of thioether (sulfide) groups is 1. The number of carbonyl (C=O) groups is 2. The van der Waals surface area contributed by atoms with Gasteiger partial charge in [-0.1, -0.05) is 30.3 Å². The summed E-state index contributed by atoms with van der Waals surface area (Å²) in [7, 11) is -3.89. The van der Waals surface area contributed by atoms with Gasteiger partial charge in [-0.3, -0.25) is 9.59 Å². The van der Waals surface area contributed by atoms with Gasteiger partial charge in [-0.25, -0.2) is 0 Å². The zero-order valence-electron chi connectivity index (χ0n) is 14.2. The zero-order valence-corrected chi connectivity index (χ0v) is 16.7. The molecule has 0 saturated heterocycles. The first-order chi connectivity index (χ1) is 12.9. The Morgan fingerprint density at radius 1 is 1.19 bits per heavy atom. The quantitative estimate of drug-likeness (QED) is 0.665. The number of Topliss-reactive ketones (excluding diaryl/α,β-unsaturated/α-hetero) is 1. The number of esters is 1. The predicted molar refractivity (Wildman–Crippen MR) is 106 cm³/mol. The summed E-state index contributed by atoms with van der Waals surface area (Å²) in [6.07, 6.45) is 1.42. The van der Waals surface area contributed by atoms with Crippen molar-refractivity contribution in [2.45, 2.75) is 11.1 Å². The Bertz CT molecular complexity index is 1040. The third-order valence-electron chi connectivity index (χ3n) is 3.56. The minimum Gasteiger partial charge on any atom is -0.465 e. The van der Waals surface area contributed by atoms with Crippen LogP contribution in [-0.4, -0.2) is 38.2 Å². The first kappa shape index (κ1) is 19.5. The molecule has 2 aromatic rings. The Morgan fingerprint density at radius 3 is 2.59 bits per heavy atom. The monoisotopic (exact) mass is 421 g/mol. The Balaban J connectivity index is 2.01. The number of benzene rings is 1. The van der Waals surface area contributed by atoms with Crippen LogP contribution in [0.3, 0.4) is 0 Å². The average Bonchev–Trinajstić information content (AvgIpc) is 3.19. The van der Waals surface area contributed by atoms with E-state index >= 15 is 0 Å². The van der Waals surface area contributed by atoms with Crippen LogP contribution in [0.4, 0.5) is 0 Å². The standard InChI is InChI=1S/C18H15NO5S3/c1-2-24-16(20)11-26-15-10-14(12-6-3-4-7-13(12)18(15)21)19-27(22,23)17-8-5-9-25-17/h3-10H,2,11H2,1H3/b19-14-. The second-order valence-electron chi connectivity index (χ2n) is 5.36. The molecule has 0 atom stereocenters. The van der Waals surface area contributed by atoms with Crippen LogP contribution in [0.2, 0.25) is 0 Å². The second-order valence-corrected chi connectivity index (χ2v) is 9.16. The molecular weight excluding hydrogens is 406 g/mol. The lowest BCUT2D eigenvalue weighted by atomic mass is 9.94. The SMILES string of the molecule is CCOC(=O)CSC1=C/C(=N/S(=O)(=O)c2cccs2)c2ccccc2C1=O. The van der Waals surface area contributed by atoms with Gasteiger partial charge in [0.1, 0.15) is 4.21 Å². The van der Waals surface area contributed by atoms with Crippen LogP contribution in [0.1, 0.15) is 22.8 Å². The van der Waals surface area contributed by atoms with E-state index in [9.17, 15) is 18.0 Å². The summed E-state index contributed by atoms with van der Waals surface area (Å²) >= 11 is 2.08. The highest BCUT2D eigenvalue weighted by atomic mass is 32.2. The van der Waals surface area contributed by atoms with E-state index in [4.69, 9.17) is 4.74 Å². The first-order valence-corrected chi connectivity index (χ1v) is 11.3. The summed E-state index contributed by atoms with van der Waals surface area (Å²) < 4.78 is 34.0. The number of allylic oxidation sites excluding steroid dienone is 2. The van der Waals surface area contributed by atoms with E-state index in [0.29, 0.717) is 11.1 Å². The molecule has 140 valence electrons. The number of fused-ring (bicyclic) bond motifs is 1. The van der Waals surface area contributed by atoms with Gasteiger partial charge in [0.05, 0.1) is 23.0 Å². The van der Waals surface area contributed by atoms with Crippen molar-refractivity contribution in [3.8, 4) is 0 Å². The van der Waals surface area contributed by atoms with Crippen LogP contribution in [0.25, 0.3) is 0 Å². The van der Waals surface area contributed by atoms with Crippen molar-refractivity contribution < 1.29 is 22.7 Å². The zero-order chi connectivity index (χ0) is 19.4. The lowest BCUT2D eigenvalue weighted by Gasteiger charge is -2.16. The predicted octanol–water partition coefficient (Wildman–Crippen LogP) is 3.30. The van der Waals surface area contributed by atoms with E-state index in [1.54, 1.807) is 42.6 Å². The van der Waals surface area contributed by atoms with E-state index in [2.05, 4.69) is 4.40 Å². The summed E-state index contributed by atoms with van der Waals surface area (Å²) in [4.78, 5) is 24.5. The number of nitrogens with zero attached hydrogens (tertiary/aromatic N) is 1. The molecule has 1 aromatic heterocycles.